The van der Waals surface area contributed by atoms with Crippen LogP contribution in [0.5, 0.6) is 0 Å². The number of aromatic nitrogens is 2. The first-order valence-corrected chi connectivity index (χ1v) is 13.1. The third kappa shape index (κ3) is 5.09. The molecule has 0 aliphatic carbocycles. The molecule has 2 aromatic carbocycles. The van der Waals surface area contributed by atoms with Crippen molar-refractivity contribution in [2.45, 2.75) is 30.4 Å². The van der Waals surface area contributed by atoms with Crippen LogP contribution in [0.2, 0.25) is 0 Å². The number of thioether (sulfide) groups is 2. The number of fused-ring (bicyclic) bond motifs is 1. The number of aryl methyl sites for hydroxylation is 2. The zero-order valence-electron chi connectivity index (χ0n) is 18.0. The smallest absolute Gasteiger partial charge is 0.272 e. The van der Waals surface area contributed by atoms with Crippen molar-refractivity contribution in [3.63, 3.8) is 0 Å². The lowest BCUT2D eigenvalue weighted by Crippen LogP contribution is -2.24. The van der Waals surface area contributed by atoms with Crippen molar-refractivity contribution in [2.75, 3.05) is 17.3 Å². The van der Waals surface area contributed by atoms with Gasteiger partial charge in [0.15, 0.2) is 5.16 Å². The Bertz CT molecular complexity index is 1340. The third-order valence-corrected chi connectivity index (χ3v) is 7.72. The number of rotatable bonds is 7. The van der Waals surface area contributed by atoms with E-state index >= 15 is 0 Å². The van der Waals surface area contributed by atoms with E-state index in [9.17, 15) is 9.59 Å². The van der Waals surface area contributed by atoms with E-state index in [-0.39, 0.29) is 17.2 Å². The highest BCUT2D eigenvalue weighted by atomic mass is 32.2. The zero-order valence-corrected chi connectivity index (χ0v) is 20.5. The van der Waals surface area contributed by atoms with Crippen LogP contribution in [0.1, 0.15) is 16.7 Å². The molecular weight excluding hydrogens is 458 g/mol. The lowest BCUT2D eigenvalue weighted by molar-refractivity contribution is -0.113. The number of anilines is 1. The molecule has 4 rings (SSSR count). The van der Waals surface area contributed by atoms with Gasteiger partial charge in [-0.1, -0.05) is 36.0 Å². The summed E-state index contributed by atoms with van der Waals surface area (Å²) in [6.45, 7) is 4.55. The molecule has 164 valence electrons. The molecule has 0 radical (unpaired) electrons. The van der Waals surface area contributed by atoms with Gasteiger partial charge in [-0.25, -0.2) is 4.98 Å². The quantitative estimate of drug-likeness (QED) is 0.276. The molecule has 0 unspecified atom stereocenters. The summed E-state index contributed by atoms with van der Waals surface area (Å²) in [5, 5.41) is 5.35. The molecule has 1 amide bonds. The van der Waals surface area contributed by atoms with Crippen molar-refractivity contribution in [1.82, 2.24) is 9.55 Å². The molecule has 32 heavy (non-hydrogen) atoms. The van der Waals surface area contributed by atoms with Crippen LogP contribution in [0, 0.1) is 13.8 Å². The fraction of sp³-hybridized carbons (Fsp3) is 0.208. The second-order valence-electron chi connectivity index (χ2n) is 7.41. The van der Waals surface area contributed by atoms with Gasteiger partial charge < -0.3 is 5.32 Å². The summed E-state index contributed by atoms with van der Waals surface area (Å²) < 4.78 is 2.31. The summed E-state index contributed by atoms with van der Waals surface area (Å²) in [5.74, 6) is 0.0315. The van der Waals surface area contributed by atoms with E-state index in [1.807, 2.05) is 48.0 Å². The highest BCUT2D eigenvalue weighted by molar-refractivity contribution is 7.99. The molecule has 0 spiro atoms. The minimum absolute atomic E-state index is 0.0705. The predicted molar refractivity (Wildman–Crippen MR) is 136 cm³/mol. The van der Waals surface area contributed by atoms with Crippen molar-refractivity contribution >= 4 is 56.7 Å². The van der Waals surface area contributed by atoms with Gasteiger partial charge in [0.05, 0.1) is 17.8 Å². The van der Waals surface area contributed by atoms with E-state index in [4.69, 9.17) is 4.98 Å². The molecule has 0 bridgehead atoms. The number of nitrogens with zero attached hydrogens (tertiary/aromatic N) is 2. The molecule has 0 saturated heterocycles. The van der Waals surface area contributed by atoms with E-state index in [1.165, 1.54) is 34.2 Å². The number of benzene rings is 2. The monoisotopic (exact) mass is 481 g/mol. The number of nitrogens with one attached hydrogen (secondary N) is 1. The summed E-state index contributed by atoms with van der Waals surface area (Å²) in [7, 11) is 0. The first-order chi connectivity index (χ1) is 15.4. The first kappa shape index (κ1) is 22.6. The Morgan fingerprint density at radius 2 is 1.97 bits per heavy atom. The van der Waals surface area contributed by atoms with E-state index in [2.05, 4.69) is 31.3 Å². The molecule has 0 saturated carbocycles. The molecule has 1 N–H and O–H groups in total. The van der Waals surface area contributed by atoms with Gasteiger partial charge in [-0.3, -0.25) is 14.2 Å². The second-order valence-corrected chi connectivity index (χ2v) is 10.1. The number of hydrogen-bond donors (Lipinski definition) is 1. The van der Waals surface area contributed by atoms with Gasteiger partial charge in [0, 0.05) is 10.6 Å². The average Bonchev–Trinajstić information content (AvgIpc) is 3.26. The van der Waals surface area contributed by atoms with Gasteiger partial charge in [0.2, 0.25) is 5.91 Å². The summed E-state index contributed by atoms with van der Waals surface area (Å²) in [6, 6.07) is 15.8. The minimum atomic E-state index is -0.134. The maximum absolute atomic E-state index is 13.2. The molecule has 2 aromatic heterocycles. The van der Waals surface area contributed by atoms with Crippen LogP contribution in [0.25, 0.3) is 10.2 Å². The van der Waals surface area contributed by atoms with Gasteiger partial charge in [0.25, 0.3) is 5.56 Å². The van der Waals surface area contributed by atoms with E-state index in [0.29, 0.717) is 21.9 Å². The van der Waals surface area contributed by atoms with Crippen LogP contribution in [-0.2, 0) is 11.3 Å². The summed E-state index contributed by atoms with van der Waals surface area (Å²) in [4.78, 5) is 31.6. The van der Waals surface area contributed by atoms with E-state index in [0.717, 1.165) is 16.1 Å². The fourth-order valence-electron chi connectivity index (χ4n) is 3.29. The normalized spacial score (nSPS) is 11.1. The Labute approximate surface area is 199 Å². The second kappa shape index (κ2) is 9.94. The van der Waals surface area contributed by atoms with Crippen molar-refractivity contribution in [3.05, 3.63) is 81.0 Å². The molecule has 0 fully saturated rings. The van der Waals surface area contributed by atoms with Crippen LogP contribution in [0.3, 0.4) is 0 Å². The maximum Gasteiger partial charge on any atom is 0.272 e. The van der Waals surface area contributed by atoms with Crippen LogP contribution >= 0.6 is 34.9 Å². The van der Waals surface area contributed by atoms with Crippen molar-refractivity contribution in [3.8, 4) is 0 Å². The molecule has 2 heterocycles. The van der Waals surface area contributed by atoms with Crippen LogP contribution in [0.4, 0.5) is 5.69 Å². The predicted octanol–water partition coefficient (Wildman–Crippen LogP) is 5.58. The van der Waals surface area contributed by atoms with Gasteiger partial charge in [-0.05, 0) is 66.4 Å². The molecule has 0 aliphatic rings. The Balaban J connectivity index is 1.58. The summed E-state index contributed by atoms with van der Waals surface area (Å²) >= 11 is 4.30. The number of hydrogen-bond acceptors (Lipinski definition) is 6. The Hall–Kier alpha value is -2.55. The Kier molecular flexibility index (Phi) is 7.03. The molecule has 5 nitrogen and oxygen atoms in total. The third-order valence-electron chi connectivity index (χ3n) is 5.13. The molecule has 0 atom stereocenters. The van der Waals surface area contributed by atoms with Gasteiger partial charge in [0.1, 0.15) is 4.70 Å². The van der Waals surface area contributed by atoms with Crippen LogP contribution in [0.15, 0.2) is 68.8 Å². The Morgan fingerprint density at radius 1 is 1.12 bits per heavy atom. The van der Waals surface area contributed by atoms with Gasteiger partial charge in [-0.2, -0.15) is 0 Å². The molecular formula is C24H23N3O2S3. The topological polar surface area (TPSA) is 64.0 Å². The van der Waals surface area contributed by atoms with Crippen molar-refractivity contribution in [1.29, 1.82) is 0 Å². The van der Waals surface area contributed by atoms with E-state index < -0.39 is 0 Å². The first-order valence-electron chi connectivity index (χ1n) is 10.1. The molecule has 4 aromatic rings. The van der Waals surface area contributed by atoms with Crippen molar-refractivity contribution < 1.29 is 4.79 Å². The largest absolute Gasteiger partial charge is 0.325 e. The Morgan fingerprint density at radius 3 is 2.75 bits per heavy atom. The fourth-order valence-corrected chi connectivity index (χ4v) is 5.32. The SMILES string of the molecule is CSc1cccc(NC(=O)CSc2nc3ccsc3c(=O)n2Cc2ccc(C)c(C)c2)c1. The number of thiophene rings is 1. The van der Waals surface area contributed by atoms with Crippen molar-refractivity contribution in [2.24, 2.45) is 0 Å². The lowest BCUT2D eigenvalue weighted by atomic mass is 10.1. The van der Waals surface area contributed by atoms with Crippen LogP contribution < -0.4 is 10.9 Å². The lowest BCUT2D eigenvalue weighted by Gasteiger charge is -2.13. The molecule has 0 aliphatic heterocycles. The minimum Gasteiger partial charge on any atom is -0.325 e. The number of amides is 1. The highest BCUT2D eigenvalue weighted by Crippen LogP contribution is 2.23. The molecule has 8 heteroatoms. The maximum atomic E-state index is 13.2. The van der Waals surface area contributed by atoms with E-state index in [1.54, 1.807) is 16.3 Å². The standard InChI is InChI=1S/C24H23N3O2S3/c1-15-7-8-17(11-16(15)2)13-27-23(29)22-20(9-10-31-22)26-24(27)32-14-21(28)25-18-5-4-6-19(12-18)30-3/h4-12H,13-14H2,1-3H3,(H,25,28). The summed E-state index contributed by atoms with van der Waals surface area (Å²) in [5.41, 5.74) is 4.79. The van der Waals surface area contributed by atoms with Gasteiger partial charge >= 0.3 is 0 Å². The average molecular weight is 482 g/mol. The van der Waals surface area contributed by atoms with Gasteiger partial charge in [-0.15, -0.1) is 23.1 Å². The zero-order chi connectivity index (χ0) is 22.7. The van der Waals surface area contributed by atoms with Crippen LogP contribution in [-0.4, -0.2) is 27.5 Å². The number of carbonyl (C=O) groups is 1. The highest BCUT2D eigenvalue weighted by Gasteiger charge is 2.15. The number of carbonyl (C=O) groups excluding carboxylic acids is 1. The summed E-state index contributed by atoms with van der Waals surface area (Å²) in [6.07, 6.45) is 2.00.